The third-order valence-corrected chi connectivity index (χ3v) is 3.68. The molecule has 0 aromatic heterocycles. The molecule has 0 atom stereocenters. The second-order valence-electron chi connectivity index (χ2n) is 6.17. The molecule has 144 valence electrons. The lowest BCUT2D eigenvalue weighted by molar-refractivity contribution is -0.137. The molecule has 0 radical (unpaired) electrons. The van der Waals surface area contributed by atoms with E-state index in [0.29, 0.717) is 24.3 Å². The van der Waals surface area contributed by atoms with Crippen molar-refractivity contribution in [2.75, 3.05) is 32.5 Å². The summed E-state index contributed by atoms with van der Waals surface area (Å²) in [5.41, 5.74) is -0.358. The van der Waals surface area contributed by atoms with Crippen LogP contribution in [0.3, 0.4) is 0 Å². The molecular formula is C19H20F3N3O2. The largest absolute Gasteiger partial charge is 0.416 e. The van der Waals surface area contributed by atoms with Crippen molar-refractivity contribution in [1.29, 1.82) is 0 Å². The molecular weight excluding hydrogens is 359 g/mol. The first-order chi connectivity index (χ1) is 12.7. The number of carbonyl (C=O) groups is 2. The van der Waals surface area contributed by atoms with Gasteiger partial charge in [0.15, 0.2) is 0 Å². The lowest BCUT2D eigenvalue weighted by atomic mass is 10.1. The maximum atomic E-state index is 12.8. The zero-order valence-electron chi connectivity index (χ0n) is 14.9. The molecule has 2 amide bonds. The van der Waals surface area contributed by atoms with Gasteiger partial charge in [-0.3, -0.25) is 9.59 Å². The second kappa shape index (κ2) is 8.68. The summed E-state index contributed by atoms with van der Waals surface area (Å²) in [6, 6.07) is 10.4. The molecule has 0 bridgehead atoms. The highest BCUT2D eigenvalue weighted by atomic mass is 19.4. The molecule has 2 rings (SSSR count). The number of nitrogens with one attached hydrogen (secondary N) is 2. The van der Waals surface area contributed by atoms with Crippen molar-refractivity contribution in [2.45, 2.75) is 6.18 Å². The summed E-state index contributed by atoms with van der Waals surface area (Å²) < 4.78 is 38.3. The van der Waals surface area contributed by atoms with Crippen molar-refractivity contribution in [2.24, 2.45) is 0 Å². The van der Waals surface area contributed by atoms with Crippen LogP contribution in [-0.2, 0) is 6.18 Å². The van der Waals surface area contributed by atoms with Crippen LogP contribution in [-0.4, -0.2) is 43.9 Å². The molecule has 0 aliphatic rings. The van der Waals surface area contributed by atoms with Crippen molar-refractivity contribution < 1.29 is 22.8 Å². The fourth-order valence-electron chi connectivity index (χ4n) is 2.27. The molecule has 0 aliphatic heterocycles. The minimum atomic E-state index is -4.53. The second-order valence-corrected chi connectivity index (χ2v) is 6.17. The number of halogens is 3. The normalized spacial score (nSPS) is 11.3. The van der Waals surface area contributed by atoms with Gasteiger partial charge in [0.05, 0.1) is 5.56 Å². The number of benzene rings is 2. The Morgan fingerprint density at radius 3 is 2.22 bits per heavy atom. The number of rotatable bonds is 6. The van der Waals surface area contributed by atoms with Gasteiger partial charge in [0.2, 0.25) is 0 Å². The van der Waals surface area contributed by atoms with E-state index in [4.69, 9.17) is 0 Å². The molecule has 0 spiro atoms. The number of alkyl halides is 3. The minimum Gasteiger partial charge on any atom is -0.351 e. The zero-order valence-corrected chi connectivity index (χ0v) is 14.9. The Balaban J connectivity index is 2.07. The van der Waals surface area contributed by atoms with Gasteiger partial charge in [0, 0.05) is 29.9 Å². The smallest absolute Gasteiger partial charge is 0.351 e. The van der Waals surface area contributed by atoms with Crippen LogP contribution in [0.4, 0.5) is 18.9 Å². The van der Waals surface area contributed by atoms with Gasteiger partial charge in [0.1, 0.15) is 0 Å². The van der Waals surface area contributed by atoms with Crippen LogP contribution in [0.25, 0.3) is 0 Å². The summed E-state index contributed by atoms with van der Waals surface area (Å²) in [5, 5.41) is 5.26. The number of amides is 2. The van der Waals surface area contributed by atoms with Gasteiger partial charge in [-0.15, -0.1) is 0 Å². The van der Waals surface area contributed by atoms with Gasteiger partial charge in [-0.25, -0.2) is 0 Å². The van der Waals surface area contributed by atoms with E-state index >= 15 is 0 Å². The molecule has 2 aromatic rings. The van der Waals surface area contributed by atoms with Crippen LogP contribution in [0.5, 0.6) is 0 Å². The average Bonchev–Trinajstić information content (AvgIpc) is 2.61. The van der Waals surface area contributed by atoms with Crippen LogP contribution in [0.2, 0.25) is 0 Å². The van der Waals surface area contributed by atoms with Crippen LogP contribution in [0.1, 0.15) is 26.3 Å². The van der Waals surface area contributed by atoms with Crippen LogP contribution in [0.15, 0.2) is 48.5 Å². The maximum Gasteiger partial charge on any atom is 0.416 e. The summed E-state index contributed by atoms with van der Waals surface area (Å²) in [6.45, 7) is 1.14. The molecule has 0 saturated heterocycles. The highest BCUT2D eigenvalue weighted by Crippen LogP contribution is 2.29. The molecule has 5 nitrogen and oxygen atoms in total. The van der Waals surface area contributed by atoms with Crippen LogP contribution in [0, 0.1) is 0 Å². The van der Waals surface area contributed by atoms with E-state index in [2.05, 4.69) is 10.6 Å². The average molecular weight is 379 g/mol. The predicted molar refractivity (Wildman–Crippen MR) is 96.7 cm³/mol. The van der Waals surface area contributed by atoms with Crippen molar-refractivity contribution in [3.8, 4) is 0 Å². The van der Waals surface area contributed by atoms with Gasteiger partial charge < -0.3 is 15.5 Å². The van der Waals surface area contributed by atoms with Crippen molar-refractivity contribution in [1.82, 2.24) is 10.2 Å². The van der Waals surface area contributed by atoms with E-state index in [1.165, 1.54) is 18.2 Å². The summed E-state index contributed by atoms with van der Waals surface area (Å²) in [4.78, 5) is 26.3. The topological polar surface area (TPSA) is 61.4 Å². The van der Waals surface area contributed by atoms with Gasteiger partial charge >= 0.3 is 6.18 Å². The number of hydrogen-bond donors (Lipinski definition) is 2. The quantitative estimate of drug-likeness (QED) is 0.810. The number of anilines is 1. The monoisotopic (exact) mass is 379 g/mol. The first kappa shape index (κ1) is 20.4. The van der Waals surface area contributed by atoms with Gasteiger partial charge in [-0.1, -0.05) is 12.1 Å². The van der Waals surface area contributed by atoms with Gasteiger partial charge in [-0.2, -0.15) is 13.2 Å². The number of nitrogens with zero attached hydrogens (tertiary/aromatic N) is 1. The first-order valence-electron chi connectivity index (χ1n) is 8.18. The van der Waals surface area contributed by atoms with E-state index in [-0.39, 0.29) is 11.5 Å². The van der Waals surface area contributed by atoms with Crippen LogP contribution < -0.4 is 10.6 Å². The molecule has 27 heavy (non-hydrogen) atoms. The fraction of sp³-hybridized carbons (Fsp3) is 0.263. The molecule has 8 heteroatoms. The standard InChI is InChI=1S/C19H20F3N3O2/c1-25(2)10-9-23-17(26)14-6-4-8-16(12-14)24-18(27)13-5-3-7-15(11-13)19(20,21)22/h3-8,11-12H,9-10H2,1-2H3,(H,23,26)(H,24,27). The predicted octanol–water partition coefficient (Wildman–Crippen LogP) is 3.25. The molecule has 0 fully saturated rings. The lowest BCUT2D eigenvalue weighted by Gasteiger charge is -2.12. The molecule has 0 saturated carbocycles. The fourth-order valence-corrected chi connectivity index (χ4v) is 2.27. The van der Waals surface area contributed by atoms with Crippen LogP contribution >= 0.6 is 0 Å². The van der Waals surface area contributed by atoms with Gasteiger partial charge in [0.25, 0.3) is 11.8 Å². The highest BCUT2D eigenvalue weighted by molar-refractivity contribution is 6.05. The van der Waals surface area contributed by atoms with E-state index in [1.54, 1.807) is 18.2 Å². The number of carbonyl (C=O) groups excluding carboxylic acids is 2. The minimum absolute atomic E-state index is 0.120. The Hall–Kier alpha value is -2.87. The van der Waals surface area contributed by atoms with Gasteiger partial charge in [-0.05, 0) is 50.5 Å². The highest BCUT2D eigenvalue weighted by Gasteiger charge is 2.30. The molecule has 0 heterocycles. The number of hydrogen-bond acceptors (Lipinski definition) is 3. The Kier molecular flexibility index (Phi) is 6.57. The third-order valence-electron chi connectivity index (χ3n) is 3.68. The van der Waals surface area contributed by atoms with Crippen molar-refractivity contribution in [3.05, 3.63) is 65.2 Å². The Morgan fingerprint density at radius 2 is 1.59 bits per heavy atom. The van der Waals surface area contributed by atoms with E-state index in [1.807, 2.05) is 19.0 Å². The Morgan fingerprint density at radius 1 is 0.963 bits per heavy atom. The molecule has 2 aromatic carbocycles. The molecule has 0 aliphatic carbocycles. The molecule has 0 unspecified atom stereocenters. The summed E-state index contributed by atoms with van der Waals surface area (Å²) >= 11 is 0. The number of likely N-dealkylation sites (N-methyl/N-ethyl adjacent to an activating group) is 1. The third kappa shape index (κ3) is 6.10. The molecule has 2 N–H and O–H groups in total. The van der Waals surface area contributed by atoms with Crippen molar-refractivity contribution in [3.63, 3.8) is 0 Å². The van der Waals surface area contributed by atoms with E-state index < -0.39 is 17.6 Å². The maximum absolute atomic E-state index is 12.8. The Bertz CT molecular complexity index is 820. The van der Waals surface area contributed by atoms with E-state index in [0.717, 1.165) is 12.1 Å². The van der Waals surface area contributed by atoms with Crippen molar-refractivity contribution >= 4 is 17.5 Å². The summed E-state index contributed by atoms with van der Waals surface area (Å²) in [5.74, 6) is -0.988. The Labute approximate surface area is 155 Å². The first-order valence-corrected chi connectivity index (χ1v) is 8.18. The lowest BCUT2D eigenvalue weighted by Crippen LogP contribution is -2.31. The summed E-state index contributed by atoms with van der Waals surface area (Å²) in [6.07, 6.45) is -4.53. The zero-order chi connectivity index (χ0) is 20.0. The summed E-state index contributed by atoms with van der Waals surface area (Å²) in [7, 11) is 3.77. The SMILES string of the molecule is CN(C)CCNC(=O)c1cccc(NC(=O)c2cccc(C(F)(F)F)c2)c1. The van der Waals surface area contributed by atoms with E-state index in [9.17, 15) is 22.8 Å².